The quantitative estimate of drug-likeness (QED) is 0.198. The number of carbonyl (C=O) groups excluding carboxylic acids is 2. The summed E-state index contributed by atoms with van der Waals surface area (Å²) in [4.78, 5) is 37.0. The van der Waals surface area contributed by atoms with E-state index >= 15 is 0 Å². The zero-order valence-corrected chi connectivity index (χ0v) is 21.2. The summed E-state index contributed by atoms with van der Waals surface area (Å²) in [5.41, 5.74) is 0.863. The molecule has 0 aliphatic carbocycles. The number of halogens is 2. The number of nitrogens with zero attached hydrogens (tertiary/aromatic N) is 3. The van der Waals surface area contributed by atoms with Crippen LogP contribution in [0.3, 0.4) is 0 Å². The van der Waals surface area contributed by atoms with E-state index in [-0.39, 0.29) is 32.7 Å². The molecule has 0 spiro atoms. The van der Waals surface area contributed by atoms with Gasteiger partial charge < -0.3 is 14.6 Å². The van der Waals surface area contributed by atoms with Gasteiger partial charge in [0.1, 0.15) is 16.8 Å². The van der Waals surface area contributed by atoms with Crippen molar-refractivity contribution in [1.29, 1.82) is 0 Å². The minimum absolute atomic E-state index is 0.00355. The highest BCUT2D eigenvalue weighted by molar-refractivity contribution is 7.22. The smallest absolute Gasteiger partial charge is 0.301 e. The molecule has 5 rings (SSSR count). The number of ether oxygens (including phenoxy) is 2. The first-order valence-electron chi connectivity index (χ1n) is 10.5. The fourth-order valence-corrected chi connectivity index (χ4v) is 5.78. The second-order valence-corrected chi connectivity index (χ2v) is 9.47. The number of carbonyl (C=O) groups is 2. The van der Waals surface area contributed by atoms with Crippen LogP contribution in [0.2, 0.25) is 10.0 Å². The van der Waals surface area contributed by atoms with Gasteiger partial charge in [0, 0.05) is 6.20 Å². The van der Waals surface area contributed by atoms with E-state index in [1.807, 2.05) is 24.3 Å². The van der Waals surface area contributed by atoms with E-state index < -0.39 is 23.5 Å². The Morgan fingerprint density at radius 1 is 1.06 bits per heavy atom. The van der Waals surface area contributed by atoms with Crippen molar-refractivity contribution in [3.05, 3.63) is 81.6 Å². The summed E-state index contributed by atoms with van der Waals surface area (Å²) in [6.07, 6.45) is 1.54. The minimum Gasteiger partial charge on any atom is -0.507 e. The van der Waals surface area contributed by atoms with Crippen LogP contribution in [-0.2, 0) is 9.59 Å². The number of pyridine rings is 1. The third-order valence-corrected chi connectivity index (χ3v) is 7.36. The molecule has 1 fully saturated rings. The van der Waals surface area contributed by atoms with Crippen LogP contribution in [0.1, 0.15) is 17.3 Å². The number of aliphatic hydroxyl groups excluding tert-OH is 1. The highest BCUT2D eigenvalue weighted by atomic mass is 35.5. The van der Waals surface area contributed by atoms with Gasteiger partial charge in [-0.3, -0.25) is 19.5 Å². The van der Waals surface area contributed by atoms with Crippen LogP contribution in [0.4, 0.5) is 5.13 Å². The minimum atomic E-state index is -1.06. The number of para-hydroxylation sites is 1. The molecule has 0 saturated carbocycles. The molecule has 3 heterocycles. The van der Waals surface area contributed by atoms with Gasteiger partial charge in [0.05, 0.1) is 46.3 Å². The SMILES string of the molecule is COc1c(Cl)cc(/C(O)=C2\C(=O)C(=O)N(c3nc4ccccc4s3)C2c2ccccn2)c(OC)c1Cl. The number of fused-ring (bicyclic) bond motifs is 1. The Morgan fingerprint density at radius 2 is 1.78 bits per heavy atom. The highest BCUT2D eigenvalue weighted by Gasteiger charge is 2.49. The summed E-state index contributed by atoms with van der Waals surface area (Å²) in [5.74, 6) is -2.11. The summed E-state index contributed by atoms with van der Waals surface area (Å²) >= 11 is 14.0. The molecule has 1 atom stereocenters. The first kappa shape index (κ1) is 24.1. The second kappa shape index (κ2) is 9.42. The van der Waals surface area contributed by atoms with Crippen molar-refractivity contribution < 1.29 is 24.2 Å². The largest absolute Gasteiger partial charge is 0.507 e. The highest BCUT2D eigenvalue weighted by Crippen LogP contribution is 2.48. The maximum absolute atomic E-state index is 13.4. The molecule has 4 aromatic rings. The third-order valence-electron chi connectivity index (χ3n) is 5.70. The third kappa shape index (κ3) is 3.76. The number of anilines is 1. The van der Waals surface area contributed by atoms with Gasteiger partial charge in [-0.05, 0) is 30.3 Å². The number of benzene rings is 2. The Hall–Kier alpha value is -3.66. The summed E-state index contributed by atoms with van der Waals surface area (Å²) in [7, 11) is 2.73. The molecule has 1 amide bonds. The second-order valence-electron chi connectivity index (χ2n) is 7.67. The van der Waals surface area contributed by atoms with Gasteiger partial charge in [-0.2, -0.15) is 0 Å². The molecule has 8 nitrogen and oxygen atoms in total. The zero-order valence-electron chi connectivity index (χ0n) is 18.9. The average Bonchev–Trinajstić information content (AvgIpc) is 3.42. The van der Waals surface area contributed by atoms with Crippen LogP contribution in [0, 0.1) is 0 Å². The van der Waals surface area contributed by atoms with E-state index in [0.717, 1.165) is 4.70 Å². The van der Waals surface area contributed by atoms with E-state index in [4.69, 9.17) is 32.7 Å². The number of aliphatic hydroxyl groups is 1. The monoisotopic (exact) mass is 541 g/mol. The van der Waals surface area contributed by atoms with E-state index in [0.29, 0.717) is 16.3 Å². The molecule has 2 aromatic heterocycles. The first-order chi connectivity index (χ1) is 17.4. The van der Waals surface area contributed by atoms with E-state index in [1.54, 1.807) is 18.2 Å². The van der Waals surface area contributed by atoms with Gasteiger partial charge in [-0.25, -0.2) is 4.98 Å². The number of thiazole rings is 1. The lowest BCUT2D eigenvalue weighted by molar-refractivity contribution is -0.132. The Balaban J connectivity index is 1.77. The molecular formula is C25H17Cl2N3O5S. The van der Waals surface area contributed by atoms with Gasteiger partial charge in [-0.15, -0.1) is 0 Å². The number of hydrogen-bond acceptors (Lipinski definition) is 8. The Bertz CT molecular complexity index is 1520. The molecule has 2 aromatic carbocycles. The van der Waals surface area contributed by atoms with Crippen molar-refractivity contribution in [2.75, 3.05) is 19.1 Å². The normalized spacial score (nSPS) is 17.1. The van der Waals surface area contributed by atoms with Crippen molar-refractivity contribution >= 4 is 67.3 Å². The number of hydrogen-bond donors (Lipinski definition) is 1. The van der Waals surface area contributed by atoms with Gasteiger partial charge in [0.25, 0.3) is 5.78 Å². The number of rotatable bonds is 5. The Kier molecular flexibility index (Phi) is 6.29. The molecule has 1 N–H and O–H groups in total. The fourth-order valence-electron chi connectivity index (χ4n) is 4.10. The van der Waals surface area contributed by atoms with Crippen LogP contribution in [-0.4, -0.2) is 41.0 Å². The molecule has 182 valence electrons. The number of ketones is 1. The van der Waals surface area contributed by atoms with Gasteiger partial charge in [-0.1, -0.05) is 52.7 Å². The van der Waals surface area contributed by atoms with Crippen LogP contribution >= 0.6 is 34.5 Å². The molecule has 0 radical (unpaired) electrons. The molecule has 1 aliphatic heterocycles. The van der Waals surface area contributed by atoms with Crippen molar-refractivity contribution in [2.24, 2.45) is 0 Å². The summed E-state index contributed by atoms with van der Waals surface area (Å²) in [6, 6.07) is 12.8. The van der Waals surface area contributed by atoms with Crippen LogP contribution in [0.5, 0.6) is 11.5 Å². The lowest BCUT2D eigenvalue weighted by atomic mass is 9.98. The summed E-state index contributed by atoms with van der Waals surface area (Å²) in [6.45, 7) is 0. The molecule has 1 aliphatic rings. The fraction of sp³-hybridized carbons (Fsp3) is 0.120. The Labute approximate surface area is 219 Å². The van der Waals surface area contributed by atoms with Crippen LogP contribution in [0.15, 0.2) is 60.3 Å². The van der Waals surface area contributed by atoms with Crippen molar-refractivity contribution in [3.8, 4) is 11.5 Å². The topological polar surface area (TPSA) is 102 Å². The lowest BCUT2D eigenvalue weighted by Crippen LogP contribution is -2.29. The van der Waals surface area contributed by atoms with Crippen molar-refractivity contribution in [1.82, 2.24) is 9.97 Å². The Morgan fingerprint density at radius 3 is 2.44 bits per heavy atom. The molecular weight excluding hydrogens is 525 g/mol. The van der Waals surface area contributed by atoms with E-state index in [2.05, 4.69) is 9.97 Å². The maximum Gasteiger partial charge on any atom is 0.301 e. The molecule has 0 bridgehead atoms. The van der Waals surface area contributed by atoms with Crippen molar-refractivity contribution in [3.63, 3.8) is 0 Å². The molecule has 1 unspecified atom stereocenters. The maximum atomic E-state index is 13.4. The average molecular weight is 542 g/mol. The van der Waals surface area contributed by atoms with Gasteiger partial charge >= 0.3 is 5.91 Å². The number of aromatic nitrogens is 2. The number of methoxy groups -OCH3 is 2. The van der Waals surface area contributed by atoms with E-state index in [1.165, 1.54) is 42.7 Å². The molecule has 11 heteroatoms. The summed E-state index contributed by atoms with van der Waals surface area (Å²) < 4.78 is 11.5. The number of Topliss-reactive ketones (excluding diaryl/α,β-unsaturated/α-hetero) is 1. The van der Waals surface area contributed by atoms with Gasteiger partial charge in [0.15, 0.2) is 16.6 Å². The predicted molar refractivity (Wildman–Crippen MR) is 138 cm³/mol. The van der Waals surface area contributed by atoms with Crippen LogP contribution in [0.25, 0.3) is 16.0 Å². The van der Waals surface area contributed by atoms with Crippen molar-refractivity contribution in [2.45, 2.75) is 6.04 Å². The number of amides is 1. The molecule has 1 saturated heterocycles. The van der Waals surface area contributed by atoms with Gasteiger partial charge in [0.2, 0.25) is 0 Å². The zero-order chi connectivity index (χ0) is 25.6. The lowest BCUT2D eigenvalue weighted by Gasteiger charge is -2.22. The summed E-state index contributed by atoms with van der Waals surface area (Å²) in [5, 5.41) is 11.8. The standard InChI is InChI=1S/C25H17Cl2N3O5S/c1-34-22-12(11-13(26)23(35-2)18(22)27)20(31)17-19(15-8-5-6-10-28-15)30(24(33)21(17)32)25-29-14-7-3-4-9-16(14)36-25/h3-11,19,31H,1-2H3/b20-17+. The van der Waals surface area contributed by atoms with E-state index in [9.17, 15) is 14.7 Å². The van der Waals surface area contributed by atoms with Crippen LogP contribution < -0.4 is 14.4 Å². The molecule has 36 heavy (non-hydrogen) atoms. The first-order valence-corrected chi connectivity index (χ1v) is 12.1. The predicted octanol–water partition coefficient (Wildman–Crippen LogP) is 5.64.